The smallest absolute Gasteiger partial charge is 0.223 e. The summed E-state index contributed by atoms with van der Waals surface area (Å²) in [6.07, 6.45) is 7.99. The van der Waals surface area contributed by atoms with Crippen LogP contribution in [0.3, 0.4) is 0 Å². The molecule has 8 nitrogen and oxygen atoms in total. The van der Waals surface area contributed by atoms with Crippen LogP contribution in [-0.4, -0.2) is 63.0 Å². The lowest BCUT2D eigenvalue weighted by atomic mass is 9.96. The highest BCUT2D eigenvalue weighted by molar-refractivity contribution is 5.84. The molecule has 0 bridgehead atoms. The van der Waals surface area contributed by atoms with Gasteiger partial charge in [0.15, 0.2) is 17.0 Å². The number of amides is 1. The van der Waals surface area contributed by atoms with Gasteiger partial charge in [0.05, 0.1) is 0 Å². The van der Waals surface area contributed by atoms with Crippen LogP contribution in [0.1, 0.15) is 50.4 Å². The fourth-order valence-corrected chi connectivity index (χ4v) is 5.38. The van der Waals surface area contributed by atoms with Crippen LogP contribution in [0.2, 0.25) is 0 Å². The predicted molar refractivity (Wildman–Crippen MR) is 138 cm³/mol. The van der Waals surface area contributed by atoms with E-state index < -0.39 is 0 Å². The molecule has 2 aromatic heterocycles. The van der Waals surface area contributed by atoms with Crippen molar-refractivity contribution in [3.8, 4) is 0 Å². The van der Waals surface area contributed by atoms with Crippen LogP contribution in [0.4, 0.5) is 5.82 Å². The molecule has 8 heteroatoms. The van der Waals surface area contributed by atoms with Gasteiger partial charge in [-0.05, 0) is 37.8 Å². The lowest BCUT2D eigenvalue weighted by molar-refractivity contribution is -0.125. The molecule has 1 N–H and O–H groups in total. The highest BCUT2D eigenvalue weighted by Gasteiger charge is 2.28. The fraction of sp³-hybridized carbons (Fsp3) is 0.556. The first-order valence-corrected chi connectivity index (χ1v) is 13.2. The maximum absolute atomic E-state index is 12.9. The first kappa shape index (κ1) is 23.7. The number of hydrogen-bond donors (Lipinski definition) is 1. The number of piperidine rings is 1. The van der Waals surface area contributed by atoms with Crippen LogP contribution in [0.25, 0.3) is 11.2 Å². The average Bonchev–Trinajstić information content (AvgIpc) is 3.09. The molecule has 1 amide bonds. The Hall–Kier alpha value is -3.00. The van der Waals surface area contributed by atoms with Gasteiger partial charge in [-0.15, -0.1) is 0 Å². The molecule has 0 aliphatic carbocycles. The molecule has 3 aromatic rings. The first-order chi connectivity index (χ1) is 17.2. The molecule has 0 unspecified atom stereocenters. The van der Waals surface area contributed by atoms with Crippen molar-refractivity contribution in [2.24, 2.45) is 5.92 Å². The Morgan fingerprint density at radius 1 is 1.09 bits per heavy atom. The van der Waals surface area contributed by atoms with Crippen molar-refractivity contribution in [3.05, 3.63) is 48.0 Å². The number of carbonyl (C=O) groups excluding carboxylic acids is 1. The van der Waals surface area contributed by atoms with E-state index in [1.54, 1.807) is 6.33 Å². The van der Waals surface area contributed by atoms with E-state index in [1.165, 1.54) is 24.8 Å². The second kappa shape index (κ2) is 11.2. The molecule has 2 aliphatic heterocycles. The number of benzene rings is 1. The number of fused-ring (bicyclic) bond motifs is 3. The summed E-state index contributed by atoms with van der Waals surface area (Å²) in [4.78, 5) is 31.6. The Kier molecular flexibility index (Phi) is 7.57. The molecule has 0 radical (unpaired) electrons. The van der Waals surface area contributed by atoms with Gasteiger partial charge in [-0.25, -0.2) is 15.0 Å². The zero-order valence-electron chi connectivity index (χ0n) is 20.8. The Morgan fingerprint density at radius 3 is 2.71 bits per heavy atom. The Labute approximate surface area is 207 Å². The van der Waals surface area contributed by atoms with E-state index in [9.17, 15) is 4.79 Å². The number of carbonyl (C=O) groups is 1. The van der Waals surface area contributed by atoms with E-state index in [0.29, 0.717) is 6.54 Å². The predicted octanol–water partition coefficient (Wildman–Crippen LogP) is 3.41. The largest absolute Gasteiger partial charge is 0.355 e. The summed E-state index contributed by atoms with van der Waals surface area (Å²) in [7, 11) is 0. The molecule has 5 rings (SSSR count). The van der Waals surface area contributed by atoms with Gasteiger partial charge in [-0.3, -0.25) is 9.69 Å². The monoisotopic (exact) mass is 475 g/mol. The topological polar surface area (TPSA) is 79.2 Å². The van der Waals surface area contributed by atoms with Crippen molar-refractivity contribution < 1.29 is 4.79 Å². The summed E-state index contributed by atoms with van der Waals surface area (Å²) in [6, 6.07) is 10.5. The van der Waals surface area contributed by atoms with E-state index in [-0.39, 0.29) is 11.8 Å². The van der Waals surface area contributed by atoms with Gasteiger partial charge in [0.1, 0.15) is 12.2 Å². The lowest BCUT2D eigenvalue weighted by Gasteiger charge is -2.32. The van der Waals surface area contributed by atoms with Crippen LogP contribution in [0.15, 0.2) is 36.7 Å². The standard InChI is InChI=1S/C27H37N7O/c1-2-32(19-21-9-5-3-6-10-21)18-14-28-27(35)22-12-16-33(17-13-22)25-24-26(30-20-29-25)34-15-8-4-7-11-23(34)31-24/h3,5-6,9-10,20,22H,2,4,7-8,11-19H2,1H3,(H,28,35). The van der Waals surface area contributed by atoms with Gasteiger partial charge >= 0.3 is 0 Å². The molecule has 2 aliphatic rings. The number of anilines is 1. The maximum Gasteiger partial charge on any atom is 0.223 e. The lowest BCUT2D eigenvalue weighted by Crippen LogP contribution is -2.42. The minimum absolute atomic E-state index is 0.0616. The van der Waals surface area contributed by atoms with Gasteiger partial charge in [-0.1, -0.05) is 43.7 Å². The summed E-state index contributed by atoms with van der Waals surface area (Å²) in [5.74, 6) is 2.31. The number of aryl methyl sites for hydroxylation is 2. The third-order valence-corrected chi connectivity index (χ3v) is 7.46. The van der Waals surface area contributed by atoms with Crippen LogP contribution >= 0.6 is 0 Å². The van der Waals surface area contributed by atoms with E-state index in [0.717, 1.165) is 81.3 Å². The summed E-state index contributed by atoms with van der Waals surface area (Å²) in [5.41, 5.74) is 3.19. The number of nitrogens with zero attached hydrogens (tertiary/aromatic N) is 6. The molecular weight excluding hydrogens is 438 g/mol. The van der Waals surface area contributed by atoms with Gasteiger partial charge in [0.25, 0.3) is 0 Å². The Morgan fingerprint density at radius 2 is 1.91 bits per heavy atom. The van der Waals surface area contributed by atoms with Gasteiger partial charge in [0, 0.05) is 51.6 Å². The number of imidazole rings is 1. The third-order valence-electron chi connectivity index (χ3n) is 7.46. The Bertz CT molecular complexity index is 1120. The van der Waals surface area contributed by atoms with Crippen LogP contribution in [0, 0.1) is 5.92 Å². The second-order valence-corrected chi connectivity index (χ2v) is 9.77. The van der Waals surface area contributed by atoms with Crippen molar-refractivity contribution >= 4 is 22.9 Å². The highest BCUT2D eigenvalue weighted by Crippen LogP contribution is 2.29. The van der Waals surface area contributed by atoms with Crippen LogP contribution in [-0.2, 0) is 24.3 Å². The molecular formula is C27H37N7O. The molecule has 1 saturated heterocycles. The summed E-state index contributed by atoms with van der Waals surface area (Å²) in [5, 5.41) is 3.19. The van der Waals surface area contributed by atoms with Gasteiger partial charge in [0.2, 0.25) is 5.91 Å². The van der Waals surface area contributed by atoms with Crippen molar-refractivity contribution in [2.45, 2.75) is 58.5 Å². The second-order valence-electron chi connectivity index (χ2n) is 9.77. The number of hydrogen-bond acceptors (Lipinski definition) is 6. The van der Waals surface area contributed by atoms with Crippen LogP contribution in [0.5, 0.6) is 0 Å². The number of aromatic nitrogens is 4. The fourth-order valence-electron chi connectivity index (χ4n) is 5.38. The summed E-state index contributed by atoms with van der Waals surface area (Å²) in [6.45, 7) is 8.23. The third kappa shape index (κ3) is 5.48. The van der Waals surface area contributed by atoms with E-state index in [4.69, 9.17) is 4.98 Å². The molecule has 1 aromatic carbocycles. The van der Waals surface area contributed by atoms with E-state index in [1.807, 2.05) is 6.07 Å². The van der Waals surface area contributed by atoms with E-state index in [2.05, 4.69) is 60.8 Å². The summed E-state index contributed by atoms with van der Waals surface area (Å²) < 4.78 is 2.28. The van der Waals surface area contributed by atoms with Gasteiger partial charge < -0.3 is 14.8 Å². The molecule has 0 saturated carbocycles. The minimum atomic E-state index is 0.0616. The molecule has 1 fully saturated rings. The normalized spacial score (nSPS) is 16.9. The quantitative estimate of drug-likeness (QED) is 0.538. The highest BCUT2D eigenvalue weighted by atomic mass is 16.1. The van der Waals surface area contributed by atoms with Crippen molar-refractivity contribution in [1.29, 1.82) is 0 Å². The molecule has 35 heavy (non-hydrogen) atoms. The Balaban J connectivity index is 1.13. The number of rotatable bonds is 8. The van der Waals surface area contributed by atoms with Gasteiger partial charge in [-0.2, -0.15) is 0 Å². The maximum atomic E-state index is 12.9. The van der Waals surface area contributed by atoms with Crippen molar-refractivity contribution in [1.82, 2.24) is 29.7 Å². The first-order valence-electron chi connectivity index (χ1n) is 13.2. The van der Waals surface area contributed by atoms with Crippen molar-refractivity contribution in [3.63, 3.8) is 0 Å². The van der Waals surface area contributed by atoms with Crippen LogP contribution < -0.4 is 10.2 Å². The van der Waals surface area contributed by atoms with Crippen molar-refractivity contribution in [2.75, 3.05) is 37.6 Å². The van der Waals surface area contributed by atoms with E-state index >= 15 is 0 Å². The molecule has 0 spiro atoms. The minimum Gasteiger partial charge on any atom is -0.355 e. The zero-order valence-corrected chi connectivity index (χ0v) is 20.8. The molecule has 186 valence electrons. The number of likely N-dealkylation sites (N-methyl/N-ethyl adjacent to an activating group) is 1. The summed E-state index contributed by atoms with van der Waals surface area (Å²) >= 11 is 0. The average molecular weight is 476 g/mol. The zero-order chi connectivity index (χ0) is 24.0. The number of nitrogens with one attached hydrogen (secondary N) is 1. The molecule has 0 atom stereocenters. The molecule has 4 heterocycles. The SMILES string of the molecule is CCN(CCNC(=O)C1CCN(c2ncnc3c2nc2n3CCCCC2)CC1)Cc1ccccc1.